The minimum Gasteiger partial charge on any atom is -0.481 e. The normalized spacial score (nSPS) is 9.61. The van der Waals surface area contributed by atoms with Gasteiger partial charge in [0.1, 0.15) is 0 Å². The van der Waals surface area contributed by atoms with Gasteiger partial charge in [0.2, 0.25) is 0 Å². The molecule has 2 aromatic rings. The molecule has 0 amide bonds. The molecule has 2 heteroatoms. The minimum absolute atomic E-state index is 0.327. The molecule has 2 rings (SSSR count). The van der Waals surface area contributed by atoms with Crippen LogP contribution in [0.5, 0.6) is 0 Å². The van der Waals surface area contributed by atoms with E-state index in [9.17, 15) is 4.79 Å². The van der Waals surface area contributed by atoms with Crippen molar-refractivity contribution in [3.8, 4) is 0 Å². The van der Waals surface area contributed by atoms with E-state index in [0.717, 1.165) is 19.3 Å². The van der Waals surface area contributed by atoms with Crippen LogP contribution in [0.4, 0.5) is 0 Å². The summed E-state index contributed by atoms with van der Waals surface area (Å²) in [4.78, 5) is 9.87. The number of rotatable bonds is 4. The number of unbranched alkanes of at least 4 members (excludes halogenated alkanes) is 2. The molecule has 0 aliphatic carbocycles. The molecule has 1 N–H and O–H groups in total. The zero-order valence-electron chi connectivity index (χ0n) is 10.8. The van der Waals surface area contributed by atoms with E-state index in [0.29, 0.717) is 6.42 Å². The van der Waals surface area contributed by atoms with Gasteiger partial charge in [0, 0.05) is 6.42 Å². The van der Waals surface area contributed by atoms with Gasteiger partial charge in [0.05, 0.1) is 0 Å². The van der Waals surface area contributed by atoms with Gasteiger partial charge >= 0.3 is 5.97 Å². The lowest BCUT2D eigenvalue weighted by Gasteiger charge is -1.92. The van der Waals surface area contributed by atoms with Gasteiger partial charge in [-0.05, 0) is 17.2 Å². The van der Waals surface area contributed by atoms with Crippen LogP contribution in [0.15, 0.2) is 48.5 Å². The Balaban J connectivity index is 0.000000187. The Bertz CT molecular complexity index is 412. The fraction of sp³-hybridized carbons (Fsp3) is 0.312. The number of aliphatic carboxylic acids is 1. The van der Waals surface area contributed by atoms with E-state index in [1.807, 2.05) is 0 Å². The smallest absolute Gasteiger partial charge is 0.303 e. The Morgan fingerprint density at radius 2 is 1.39 bits per heavy atom. The van der Waals surface area contributed by atoms with Gasteiger partial charge in [-0.2, -0.15) is 0 Å². The molecule has 0 fully saturated rings. The van der Waals surface area contributed by atoms with Crippen LogP contribution in [0.1, 0.15) is 32.6 Å². The van der Waals surface area contributed by atoms with Gasteiger partial charge in [-0.3, -0.25) is 4.79 Å². The molecule has 2 aromatic carbocycles. The second-order valence-corrected chi connectivity index (χ2v) is 4.20. The third-order valence-electron chi connectivity index (χ3n) is 2.65. The van der Waals surface area contributed by atoms with Crippen molar-refractivity contribution < 1.29 is 9.90 Å². The van der Waals surface area contributed by atoms with Crippen LogP contribution < -0.4 is 0 Å². The molecule has 0 spiro atoms. The number of hydrogen-bond donors (Lipinski definition) is 1. The van der Waals surface area contributed by atoms with Crippen LogP contribution in [0.3, 0.4) is 0 Å². The summed E-state index contributed by atoms with van der Waals surface area (Å²) in [6.45, 7) is 2.06. The Hall–Kier alpha value is -1.83. The van der Waals surface area contributed by atoms with Gasteiger partial charge in [-0.15, -0.1) is 0 Å². The van der Waals surface area contributed by atoms with Crippen molar-refractivity contribution in [3.63, 3.8) is 0 Å². The second-order valence-electron chi connectivity index (χ2n) is 4.20. The molecule has 0 bridgehead atoms. The van der Waals surface area contributed by atoms with E-state index >= 15 is 0 Å². The Morgan fingerprint density at radius 1 is 0.944 bits per heavy atom. The number of carboxylic acids is 1. The zero-order chi connectivity index (χ0) is 13.2. The lowest BCUT2D eigenvalue weighted by Crippen LogP contribution is -1.92. The average molecular weight is 244 g/mol. The highest BCUT2D eigenvalue weighted by atomic mass is 16.4. The predicted octanol–water partition coefficient (Wildman–Crippen LogP) is 4.49. The summed E-state index contributed by atoms with van der Waals surface area (Å²) in [6.07, 6.45) is 3.28. The van der Waals surface area contributed by atoms with Crippen molar-refractivity contribution in [2.45, 2.75) is 32.6 Å². The molecule has 0 unspecified atom stereocenters. The second kappa shape index (κ2) is 8.29. The maximum absolute atomic E-state index is 9.87. The van der Waals surface area contributed by atoms with Crippen LogP contribution in [0.25, 0.3) is 10.8 Å². The third kappa shape index (κ3) is 5.48. The molecule has 18 heavy (non-hydrogen) atoms. The van der Waals surface area contributed by atoms with Gasteiger partial charge in [-0.25, -0.2) is 0 Å². The standard InChI is InChI=1S/C10H8.C6H12O2/c1-2-6-10-8-4-3-7-9(10)5-1;1-2-3-4-5-6(7)8/h1-8H;2-5H2,1H3,(H,7,8). The van der Waals surface area contributed by atoms with E-state index < -0.39 is 5.97 Å². The summed E-state index contributed by atoms with van der Waals surface area (Å²) in [5.74, 6) is -0.682. The van der Waals surface area contributed by atoms with Crippen molar-refractivity contribution >= 4 is 16.7 Å². The first-order chi connectivity index (χ1) is 8.74. The molecular formula is C16H20O2. The number of hydrogen-bond acceptors (Lipinski definition) is 1. The molecule has 0 heterocycles. The van der Waals surface area contributed by atoms with Crippen LogP contribution in [-0.4, -0.2) is 11.1 Å². The molecule has 2 nitrogen and oxygen atoms in total. The third-order valence-corrected chi connectivity index (χ3v) is 2.65. The van der Waals surface area contributed by atoms with Crippen LogP contribution in [0, 0.1) is 0 Å². The van der Waals surface area contributed by atoms with E-state index in [4.69, 9.17) is 5.11 Å². The maximum Gasteiger partial charge on any atom is 0.303 e. The van der Waals surface area contributed by atoms with Gasteiger partial charge in [-0.1, -0.05) is 68.3 Å². The molecule has 0 aromatic heterocycles. The van der Waals surface area contributed by atoms with Crippen molar-refractivity contribution in [1.29, 1.82) is 0 Å². The Labute approximate surface area is 108 Å². The van der Waals surface area contributed by atoms with Crippen molar-refractivity contribution in [2.75, 3.05) is 0 Å². The number of benzene rings is 2. The summed E-state index contributed by atoms with van der Waals surface area (Å²) in [7, 11) is 0. The summed E-state index contributed by atoms with van der Waals surface area (Å²) >= 11 is 0. The highest BCUT2D eigenvalue weighted by Gasteiger charge is 1.92. The van der Waals surface area contributed by atoms with Crippen LogP contribution in [-0.2, 0) is 4.79 Å². The average Bonchev–Trinajstić information content (AvgIpc) is 2.40. The first kappa shape index (κ1) is 14.2. The first-order valence-electron chi connectivity index (χ1n) is 6.39. The first-order valence-corrected chi connectivity index (χ1v) is 6.39. The highest BCUT2D eigenvalue weighted by molar-refractivity contribution is 5.81. The fourth-order valence-electron chi connectivity index (χ4n) is 1.66. The van der Waals surface area contributed by atoms with Gasteiger partial charge < -0.3 is 5.11 Å². The van der Waals surface area contributed by atoms with Crippen LogP contribution in [0.2, 0.25) is 0 Å². The summed E-state index contributed by atoms with van der Waals surface area (Å²) in [5, 5.41) is 10.8. The SMILES string of the molecule is CCCCCC(=O)O.c1ccc2ccccc2c1. The molecule has 0 radical (unpaired) electrons. The van der Waals surface area contributed by atoms with E-state index in [-0.39, 0.29) is 0 Å². The predicted molar refractivity (Wildman–Crippen MR) is 75.7 cm³/mol. The monoisotopic (exact) mass is 244 g/mol. The molecule has 0 saturated carbocycles. The Morgan fingerprint density at radius 3 is 1.72 bits per heavy atom. The molecule has 0 saturated heterocycles. The quantitative estimate of drug-likeness (QED) is 0.804. The molecular weight excluding hydrogens is 224 g/mol. The highest BCUT2D eigenvalue weighted by Crippen LogP contribution is 2.11. The van der Waals surface area contributed by atoms with Gasteiger partial charge in [0.15, 0.2) is 0 Å². The summed E-state index contributed by atoms with van der Waals surface area (Å²) in [5.41, 5.74) is 0. The van der Waals surface area contributed by atoms with E-state index in [1.165, 1.54) is 10.8 Å². The topological polar surface area (TPSA) is 37.3 Å². The summed E-state index contributed by atoms with van der Waals surface area (Å²) < 4.78 is 0. The largest absolute Gasteiger partial charge is 0.481 e. The number of fused-ring (bicyclic) bond motifs is 1. The summed E-state index contributed by atoms with van der Waals surface area (Å²) in [6, 6.07) is 16.7. The van der Waals surface area contributed by atoms with E-state index in [1.54, 1.807) is 0 Å². The van der Waals surface area contributed by atoms with Crippen LogP contribution >= 0.6 is 0 Å². The number of carboxylic acid groups (broad SMARTS) is 1. The fourth-order valence-corrected chi connectivity index (χ4v) is 1.66. The molecule has 0 atom stereocenters. The lowest BCUT2D eigenvalue weighted by molar-refractivity contribution is -0.137. The van der Waals surface area contributed by atoms with E-state index in [2.05, 4.69) is 55.5 Å². The lowest BCUT2D eigenvalue weighted by atomic mass is 10.1. The zero-order valence-corrected chi connectivity index (χ0v) is 10.8. The number of carbonyl (C=O) groups is 1. The molecule has 0 aliphatic rings. The maximum atomic E-state index is 9.87. The molecule has 96 valence electrons. The van der Waals surface area contributed by atoms with Crippen molar-refractivity contribution in [2.24, 2.45) is 0 Å². The molecule has 0 aliphatic heterocycles. The minimum atomic E-state index is -0.682. The van der Waals surface area contributed by atoms with Gasteiger partial charge in [0.25, 0.3) is 0 Å². The Kier molecular flexibility index (Phi) is 6.55. The van der Waals surface area contributed by atoms with Crippen molar-refractivity contribution in [3.05, 3.63) is 48.5 Å². The van der Waals surface area contributed by atoms with Crippen molar-refractivity contribution in [1.82, 2.24) is 0 Å².